The second kappa shape index (κ2) is 12.2. The summed E-state index contributed by atoms with van der Waals surface area (Å²) in [7, 11) is 0. The van der Waals surface area contributed by atoms with Crippen molar-refractivity contribution in [3.63, 3.8) is 0 Å². The van der Waals surface area contributed by atoms with E-state index in [2.05, 4.69) is 12.2 Å². The SMILES string of the molecule is CCCCNC(=O)[C@H](CC)N(Cc1cccc(C)c1)C(=O)COc1ccc(Cl)cc1. The lowest BCUT2D eigenvalue weighted by Crippen LogP contribution is -2.50. The molecule has 0 radical (unpaired) electrons. The van der Waals surface area contributed by atoms with E-state index in [1.807, 2.05) is 38.1 Å². The Morgan fingerprint density at radius 1 is 1.13 bits per heavy atom. The lowest BCUT2D eigenvalue weighted by Gasteiger charge is -2.30. The molecule has 0 saturated heterocycles. The molecule has 6 heteroatoms. The molecular formula is C24H31ClN2O3. The molecule has 0 aliphatic rings. The highest BCUT2D eigenvalue weighted by atomic mass is 35.5. The van der Waals surface area contributed by atoms with Gasteiger partial charge in [0.05, 0.1) is 0 Å². The molecule has 1 N–H and O–H groups in total. The summed E-state index contributed by atoms with van der Waals surface area (Å²) in [5.74, 6) is 0.200. The monoisotopic (exact) mass is 430 g/mol. The van der Waals surface area contributed by atoms with E-state index < -0.39 is 6.04 Å². The first-order chi connectivity index (χ1) is 14.4. The number of hydrogen-bond donors (Lipinski definition) is 1. The van der Waals surface area contributed by atoms with Crippen LogP contribution in [0, 0.1) is 6.92 Å². The predicted octanol–water partition coefficient (Wildman–Crippen LogP) is 4.75. The number of unbranched alkanes of at least 4 members (excludes halogenated alkanes) is 1. The molecule has 0 bridgehead atoms. The van der Waals surface area contributed by atoms with Crippen LogP contribution in [0.4, 0.5) is 0 Å². The van der Waals surface area contributed by atoms with Crippen LogP contribution in [0.25, 0.3) is 0 Å². The van der Waals surface area contributed by atoms with Crippen LogP contribution in [-0.4, -0.2) is 35.9 Å². The van der Waals surface area contributed by atoms with Gasteiger partial charge in [-0.3, -0.25) is 9.59 Å². The Labute approximate surface area is 184 Å². The van der Waals surface area contributed by atoms with Crippen molar-refractivity contribution < 1.29 is 14.3 Å². The number of aryl methyl sites for hydroxylation is 1. The minimum Gasteiger partial charge on any atom is -0.484 e. The van der Waals surface area contributed by atoms with Gasteiger partial charge in [-0.25, -0.2) is 0 Å². The number of nitrogens with zero attached hydrogens (tertiary/aromatic N) is 1. The average molecular weight is 431 g/mol. The van der Waals surface area contributed by atoms with Gasteiger partial charge in [0.15, 0.2) is 6.61 Å². The zero-order valence-corrected chi connectivity index (χ0v) is 18.7. The maximum absolute atomic E-state index is 13.1. The van der Waals surface area contributed by atoms with Crippen molar-refractivity contribution in [2.75, 3.05) is 13.2 Å². The first-order valence-electron chi connectivity index (χ1n) is 10.5. The third-order valence-corrected chi connectivity index (χ3v) is 5.08. The molecule has 30 heavy (non-hydrogen) atoms. The van der Waals surface area contributed by atoms with Crippen molar-refractivity contribution >= 4 is 23.4 Å². The summed E-state index contributed by atoms with van der Waals surface area (Å²) in [5, 5.41) is 3.56. The maximum atomic E-state index is 13.1. The Morgan fingerprint density at radius 3 is 2.50 bits per heavy atom. The quantitative estimate of drug-likeness (QED) is 0.523. The first kappa shape index (κ1) is 23.7. The number of halogens is 1. The Morgan fingerprint density at radius 2 is 1.87 bits per heavy atom. The van der Waals surface area contributed by atoms with Gasteiger partial charge < -0.3 is 15.0 Å². The van der Waals surface area contributed by atoms with Crippen molar-refractivity contribution in [2.24, 2.45) is 0 Å². The van der Waals surface area contributed by atoms with Crippen molar-refractivity contribution in [3.05, 3.63) is 64.7 Å². The van der Waals surface area contributed by atoms with Gasteiger partial charge in [0.25, 0.3) is 5.91 Å². The number of rotatable bonds is 11. The number of nitrogens with one attached hydrogen (secondary N) is 1. The molecule has 2 amide bonds. The summed E-state index contributed by atoms with van der Waals surface area (Å²) in [6, 6.07) is 14.3. The Kier molecular flexibility index (Phi) is 9.68. The van der Waals surface area contributed by atoms with E-state index in [1.165, 1.54) is 0 Å². The summed E-state index contributed by atoms with van der Waals surface area (Å²) >= 11 is 5.90. The molecule has 0 saturated carbocycles. The standard InChI is InChI=1S/C24H31ClN2O3/c1-4-6-14-26-24(29)22(5-2)27(16-19-9-7-8-18(3)15-19)23(28)17-30-21-12-10-20(25)11-13-21/h7-13,15,22H,4-6,14,16-17H2,1-3H3,(H,26,29)/t22-/m0/s1. The molecule has 0 spiro atoms. The predicted molar refractivity (Wildman–Crippen MR) is 121 cm³/mol. The maximum Gasteiger partial charge on any atom is 0.261 e. The second-order valence-corrected chi connectivity index (χ2v) is 7.76. The normalized spacial score (nSPS) is 11.6. The van der Waals surface area contributed by atoms with Gasteiger partial charge in [0.2, 0.25) is 5.91 Å². The van der Waals surface area contributed by atoms with Crippen LogP contribution in [0.1, 0.15) is 44.2 Å². The van der Waals surface area contributed by atoms with Gasteiger partial charge in [0.1, 0.15) is 11.8 Å². The van der Waals surface area contributed by atoms with Gasteiger partial charge in [-0.2, -0.15) is 0 Å². The zero-order chi connectivity index (χ0) is 21.9. The molecule has 1 atom stereocenters. The zero-order valence-electron chi connectivity index (χ0n) is 18.0. The first-order valence-corrected chi connectivity index (χ1v) is 10.8. The van der Waals surface area contributed by atoms with E-state index in [1.54, 1.807) is 29.2 Å². The van der Waals surface area contributed by atoms with E-state index in [0.717, 1.165) is 24.0 Å². The minimum atomic E-state index is -0.552. The summed E-state index contributed by atoms with van der Waals surface area (Å²) in [6.07, 6.45) is 2.43. The summed E-state index contributed by atoms with van der Waals surface area (Å²) < 4.78 is 5.66. The smallest absolute Gasteiger partial charge is 0.261 e. The third-order valence-electron chi connectivity index (χ3n) is 4.83. The molecule has 0 aromatic heterocycles. The number of carbonyl (C=O) groups is 2. The van der Waals surface area contributed by atoms with E-state index in [9.17, 15) is 9.59 Å². The van der Waals surface area contributed by atoms with Crippen LogP contribution in [0.5, 0.6) is 5.75 Å². The Bertz CT molecular complexity index is 823. The number of ether oxygens (including phenoxy) is 1. The highest BCUT2D eigenvalue weighted by Crippen LogP contribution is 2.17. The van der Waals surface area contributed by atoms with E-state index in [4.69, 9.17) is 16.3 Å². The van der Waals surface area contributed by atoms with Crippen LogP contribution >= 0.6 is 11.6 Å². The summed E-state index contributed by atoms with van der Waals surface area (Å²) in [5.41, 5.74) is 2.09. The molecule has 0 aliphatic heterocycles. The van der Waals surface area contributed by atoms with E-state index in [0.29, 0.717) is 30.3 Å². The number of carbonyl (C=O) groups excluding carboxylic acids is 2. The number of amides is 2. The molecule has 2 aromatic rings. The minimum absolute atomic E-state index is 0.126. The lowest BCUT2D eigenvalue weighted by atomic mass is 10.1. The molecule has 0 fully saturated rings. The van der Waals surface area contributed by atoms with Crippen LogP contribution in [0.15, 0.2) is 48.5 Å². The van der Waals surface area contributed by atoms with Gasteiger partial charge in [0, 0.05) is 18.1 Å². The molecule has 2 aromatic carbocycles. The highest BCUT2D eigenvalue weighted by Gasteiger charge is 2.28. The molecule has 2 rings (SSSR count). The number of benzene rings is 2. The molecule has 0 heterocycles. The fourth-order valence-corrected chi connectivity index (χ4v) is 3.32. The van der Waals surface area contributed by atoms with Crippen LogP contribution in [-0.2, 0) is 16.1 Å². The molecule has 0 aliphatic carbocycles. The fraction of sp³-hybridized carbons (Fsp3) is 0.417. The Balaban J connectivity index is 2.16. The van der Waals surface area contributed by atoms with Crippen molar-refractivity contribution in [2.45, 2.75) is 52.6 Å². The average Bonchev–Trinajstić information content (AvgIpc) is 2.73. The lowest BCUT2D eigenvalue weighted by molar-refractivity contribution is -0.143. The summed E-state index contributed by atoms with van der Waals surface area (Å²) in [4.78, 5) is 27.5. The topological polar surface area (TPSA) is 58.6 Å². The molecular weight excluding hydrogens is 400 g/mol. The van der Waals surface area contributed by atoms with Crippen LogP contribution < -0.4 is 10.1 Å². The van der Waals surface area contributed by atoms with Gasteiger partial charge in [-0.15, -0.1) is 0 Å². The highest BCUT2D eigenvalue weighted by molar-refractivity contribution is 6.30. The molecule has 0 unspecified atom stereocenters. The van der Waals surface area contributed by atoms with E-state index >= 15 is 0 Å². The second-order valence-electron chi connectivity index (χ2n) is 7.32. The van der Waals surface area contributed by atoms with Crippen LogP contribution in [0.3, 0.4) is 0 Å². The Hall–Kier alpha value is -2.53. The largest absolute Gasteiger partial charge is 0.484 e. The van der Waals surface area contributed by atoms with Crippen molar-refractivity contribution in [3.8, 4) is 5.75 Å². The van der Waals surface area contributed by atoms with E-state index in [-0.39, 0.29) is 18.4 Å². The molecule has 162 valence electrons. The van der Waals surface area contributed by atoms with Gasteiger partial charge in [-0.1, -0.05) is 61.7 Å². The molecule has 5 nitrogen and oxygen atoms in total. The third kappa shape index (κ3) is 7.38. The van der Waals surface area contributed by atoms with Gasteiger partial charge in [-0.05, 0) is 49.6 Å². The fourth-order valence-electron chi connectivity index (χ4n) is 3.19. The number of hydrogen-bond acceptors (Lipinski definition) is 3. The van der Waals surface area contributed by atoms with Gasteiger partial charge >= 0.3 is 0 Å². The van der Waals surface area contributed by atoms with Crippen molar-refractivity contribution in [1.82, 2.24) is 10.2 Å². The van der Waals surface area contributed by atoms with Crippen molar-refractivity contribution in [1.29, 1.82) is 0 Å². The van der Waals surface area contributed by atoms with Crippen LogP contribution in [0.2, 0.25) is 5.02 Å². The summed E-state index contributed by atoms with van der Waals surface area (Å²) in [6.45, 7) is 6.82.